The van der Waals surface area contributed by atoms with E-state index in [2.05, 4.69) is 79.1 Å². The van der Waals surface area contributed by atoms with Crippen molar-refractivity contribution in [2.24, 2.45) is 35.5 Å². The first-order chi connectivity index (χ1) is 30.2. The molecule has 342 valence electrons. The van der Waals surface area contributed by atoms with Crippen molar-refractivity contribution >= 4 is 70.6 Å². The topological polar surface area (TPSA) is 131 Å². The van der Waals surface area contributed by atoms with Crippen LogP contribution in [0.15, 0.2) is 24.4 Å². The molecule has 10 heteroatoms. The van der Waals surface area contributed by atoms with Crippen LogP contribution in [0.4, 0.5) is 0 Å². The zero-order valence-electron chi connectivity index (χ0n) is 40.5. The van der Waals surface area contributed by atoms with Gasteiger partial charge in [-0.15, -0.1) is 22.4 Å². The molecule has 64 heavy (non-hydrogen) atoms. The Labute approximate surface area is 398 Å². The Hall–Kier alpha value is -4.15. The zero-order chi connectivity index (χ0) is 45.5. The van der Waals surface area contributed by atoms with Gasteiger partial charge < -0.3 is 34.8 Å². The number of H-pyrrole nitrogens is 1. The molecule has 1 saturated heterocycles. The molecule has 6 atom stereocenters. The van der Waals surface area contributed by atoms with E-state index < -0.39 is 17.9 Å². The third kappa shape index (κ3) is 11.3. The summed E-state index contributed by atoms with van der Waals surface area (Å²) < 4.78 is 11.0. The normalized spacial score (nSPS) is 21.6. The number of carbonyl (C=O) groups is 2. The Bertz CT molecular complexity index is 2460. The number of carbonyl (C=O) groups excluding carboxylic acids is 2. The van der Waals surface area contributed by atoms with Gasteiger partial charge in [0.05, 0.1) is 7.11 Å². The van der Waals surface area contributed by atoms with E-state index in [4.69, 9.17) is 24.8 Å². The van der Waals surface area contributed by atoms with Gasteiger partial charge in [0.15, 0.2) is 0 Å². The smallest absolute Gasteiger partial charge is 0.681 e. The molecule has 8 bridgehead atoms. The monoisotopic (exact) mass is 882 g/mol. The maximum atomic E-state index is 13.6. The number of aromatic nitrogens is 3. The fourth-order valence-corrected chi connectivity index (χ4v) is 10.2. The van der Waals surface area contributed by atoms with Crippen LogP contribution in [0.3, 0.4) is 0 Å². The first-order valence-corrected chi connectivity index (χ1v) is 23.8. The van der Waals surface area contributed by atoms with E-state index in [0.29, 0.717) is 28.3 Å². The Balaban J connectivity index is 0.00000771. The third-order valence-corrected chi connectivity index (χ3v) is 14.2. The van der Waals surface area contributed by atoms with E-state index in [9.17, 15) is 14.7 Å². The van der Waals surface area contributed by atoms with Crippen molar-refractivity contribution in [2.45, 2.75) is 145 Å². The number of esters is 2. The number of hydrogen-bond donors (Lipinski definition) is 2. The summed E-state index contributed by atoms with van der Waals surface area (Å²) in [5, 5.41) is 20.2. The van der Waals surface area contributed by atoms with Crippen LogP contribution in [-0.2, 0) is 25.5 Å². The Morgan fingerprint density at radius 2 is 1.53 bits per heavy atom. The largest absolute Gasteiger partial charge is 2.00 e. The minimum atomic E-state index is -1.06. The van der Waals surface area contributed by atoms with Crippen LogP contribution in [0.2, 0.25) is 0 Å². The second-order valence-corrected chi connectivity index (χ2v) is 19.2. The molecular weight excluding hydrogens is 809 g/mol. The third-order valence-electron chi connectivity index (χ3n) is 14.2. The van der Waals surface area contributed by atoms with Gasteiger partial charge in [0.25, 0.3) is 0 Å². The summed E-state index contributed by atoms with van der Waals surface area (Å²) in [5.41, 5.74) is 8.75. The zero-order valence-corrected chi connectivity index (χ0v) is 41.9. The van der Waals surface area contributed by atoms with Crippen molar-refractivity contribution in [3.8, 4) is 0 Å². The van der Waals surface area contributed by atoms with Crippen LogP contribution in [0.25, 0.3) is 41.0 Å². The van der Waals surface area contributed by atoms with Gasteiger partial charge in [0.2, 0.25) is 0 Å². The number of unbranched alkanes of at least 4 members (excludes halogenated alkanes) is 1. The molecule has 2 aliphatic heterocycles. The predicted octanol–water partition coefficient (Wildman–Crippen LogP) is 8.64. The summed E-state index contributed by atoms with van der Waals surface area (Å²) in [6.07, 6.45) is 24.8. The summed E-state index contributed by atoms with van der Waals surface area (Å²) in [4.78, 5) is 40.9. The van der Waals surface area contributed by atoms with Gasteiger partial charge in [-0.25, -0.2) is 0 Å². The minimum absolute atomic E-state index is 0. The van der Waals surface area contributed by atoms with Crippen molar-refractivity contribution in [2.75, 3.05) is 13.7 Å². The molecule has 0 spiro atoms. The number of ether oxygens (including phenoxy) is 2. The molecule has 9 nitrogen and oxygen atoms in total. The van der Waals surface area contributed by atoms with Crippen molar-refractivity contribution in [1.29, 1.82) is 0 Å². The molecule has 3 aromatic rings. The average Bonchev–Trinajstić information content (AvgIpc) is 3.99. The number of hydrogen-bond acceptors (Lipinski definition) is 5. The summed E-state index contributed by atoms with van der Waals surface area (Å²) in [7, 11) is 1.34. The number of aliphatic hydroxyl groups is 1. The van der Waals surface area contributed by atoms with Crippen molar-refractivity contribution in [3.63, 3.8) is 0 Å². The van der Waals surface area contributed by atoms with Crippen LogP contribution < -0.4 is 31.2 Å². The molecule has 1 aliphatic carbocycles. The molecule has 3 aliphatic rings. The minimum Gasteiger partial charge on any atom is -0.681 e. The van der Waals surface area contributed by atoms with Crippen molar-refractivity contribution in [3.05, 3.63) is 95.9 Å². The Kier molecular flexibility index (Phi) is 18.1. The van der Waals surface area contributed by atoms with Crippen LogP contribution in [0, 0.1) is 56.3 Å². The van der Waals surface area contributed by atoms with Gasteiger partial charge >= 0.3 is 35.0 Å². The van der Waals surface area contributed by atoms with E-state index >= 15 is 0 Å². The summed E-state index contributed by atoms with van der Waals surface area (Å²) >= 11 is 0. The average molecular weight is 883 g/mol. The van der Waals surface area contributed by atoms with Crippen LogP contribution in [-0.4, -0.2) is 64.8 Å². The summed E-state index contributed by atoms with van der Waals surface area (Å²) in [6.45, 7) is 24.1. The molecule has 2 N–H and O–H groups in total. The summed E-state index contributed by atoms with van der Waals surface area (Å²) in [5.74, 6) is 0.0513. The molecule has 1 fully saturated rings. The van der Waals surface area contributed by atoms with Crippen LogP contribution in [0.5, 0.6) is 0 Å². The molecule has 0 saturated carbocycles. The molecule has 1 unspecified atom stereocenters. The van der Waals surface area contributed by atoms with Crippen molar-refractivity contribution in [1.82, 2.24) is 15.0 Å². The van der Waals surface area contributed by atoms with Gasteiger partial charge in [0, 0.05) is 22.3 Å². The maximum Gasteiger partial charge on any atom is 2.00 e. The SMILES string of the molecule is C=Cc1c2[n-]c(c1C)/C=C1\[N-]C(C3=c4[n-]c(c(C)c4=C(O)[C@@H]3C(=O)OC)/C=c3\[nH]/c(c(C)c3CC)=C\2)[C@@H](CCC(=O)OC/C=C/CCC[C@H](C)CCC[C@H](C)CCCC(C)C)[C@@H]1C.[Mg+2]. The first-order valence-electron chi connectivity index (χ1n) is 23.8. The van der Waals surface area contributed by atoms with Gasteiger partial charge in [-0.3, -0.25) is 9.59 Å². The number of aliphatic hydroxyl groups excluding tert-OH is 1. The van der Waals surface area contributed by atoms with Crippen LogP contribution >= 0.6 is 0 Å². The van der Waals surface area contributed by atoms with Gasteiger partial charge in [-0.05, 0) is 92.7 Å². The van der Waals surface area contributed by atoms with E-state index in [1.165, 1.54) is 52.1 Å². The molecule has 5 heterocycles. The predicted molar refractivity (Wildman–Crippen MR) is 262 cm³/mol. The molecule has 0 amide bonds. The number of nitrogens with zero attached hydrogens (tertiary/aromatic N) is 3. The Morgan fingerprint density at radius 3 is 2.19 bits per heavy atom. The van der Waals surface area contributed by atoms with Crippen molar-refractivity contribution < 1.29 is 24.2 Å². The molecule has 0 radical (unpaired) electrons. The number of methoxy groups -OCH3 is 1. The number of allylic oxidation sites excluding steroid dienone is 2. The second kappa shape index (κ2) is 22.8. The molecule has 0 aromatic carbocycles. The molecule has 3 aromatic heterocycles. The van der Waals surface area contributed by atoms with Gasteiger partial charge in [-0.1, -0.05) is 152 Å². The fraction of sp³-hybridized carbons (Fsp3) is 0.556. The second-order valence-electron chi connectivity index (χ2n) is 19.2. The Morgan fingerprint density at radius 1 is 0.875 bits per heavy atom. The molecule has 6 rings (SSSR count). The van der Waals surface area contributed by atoms with Crippen LogP contribution in [0.1, 0.15) is 157 Å². The fourth-order valence-electron chi connectivity index (χ4n) is 10.2. The van der Waals surface area contributed by atoms with E-state index in [1.54, 1.807) is 0 Å². The quantitative estimate of drug-likeness (QED) is 0.0503. The summed E-state index contributed by atoms with van der Waals surface area (Å²) in [6, 6.07) is -0.562. The standard InChI is InChI=1S/C54H73N4O5.Mg/c1-12-38-34(7)41-28-43-36(9)40(25-26-47(59)63-27-17-15-14-16-21-32(5)23-19-24-33(6)22-18-20-31(3)4)51(57-43)49-50(54(61)62-11)53(60)48-37(10)44(58-52(48)49)30-46-39(13-2)35(8)42(56-46)29-45(38)55-41;/h12,15,17,28-33,36,40,50-51,56,60H,1,13-14,16,18-27H2,2-11H3;/q-3;+2/b17-15+,42-29-,43-28-,46-30-;/t32-,33+,36-,40-,50+,51?;/m0./s1. The van der Waals surface area contributed by atoms with E-state index in [0.717, 1.165) is 92.6 Å². The number of fused-ring (bicyclic) bond motifs is 8. The van der Waals surface area contributed by atoms with Gasteiger partial charge in [0.1, 0.15) is 18.3 Å². The number of aromatic amines is 1. The maximum absolute atomic E-state index is 13.6. The molecular formula is C54H73MgN4O5-. The number of rotatable bonds is 20. The first kappa shape index (κ1) is 50.8. The van der Waals surface area contributed by atoms with E-state index in [1.807, 2.05) is 31.2 Å². The number of nitrogens with one attached hydrogen (secondary N) is 1. The van der Waals surface area contributed by atoms with Gasteiger partial charge in [-0.2, -0.15) is 5.70 Å². The van der Waals surface area contributed by atoms with E-state index in [-0.39, 0.29) is 59.6 Å².